The highest BCUT2D eigenvalue weighted by Gasteiger charge is 2.30. The minimum atomic E-state index is -4.26. The van der Waals surface area contributed by atoms with Gasteiger partial charge in [0.2, 0.25) is 0 Å². The number of anilines is 3. The first-order valence-corrected chi connectivity index (χ1v) is 10.2. The van der Waals surface area contributed by atoms with Crippen molar-refractivity contribution in [1.82, 2.24) is 4.47 Å². The molecule has 0 aliphatic carbocycles. The van der Waals surface area contributed by atoms with Crippen molar-refractivity contribution in [3.05, 3.63) is 37.6 Å². The highest BCUT2D eigenvalue weighted by atomic mass is 35.5. The smallest absolute Gasteiger partial charge is 0.269 e. The van der Waals surface area contributed by atoms with E-state index < -0.39 is 31.5 Å². The maximum atomic E-state index is 12.5. The van der Waals surface area contributed by atoms with Crippen LogP contribution < -0.4 is 21.5 Å². The van der Waals surface area contributed by atoms with Gasteiger partial charge in [0.25, 0.3) is 20.9 Å². The van der Waals surface area contributed by atoms with Crippen molar-refractivity contribution in [1.29, 1.82) is 0 Å². The molecule has 3 N–H and O–H groups in total. The minimum Gasteiger partial charge on any atom is -0.504 e. The Morgan fingerprint density at radius 2 is 1.71 bits per heavy atom. The van der Waals surface area contributed by atoms with Crippen molar-refractivity contribution < 1.29 is 18.4 Å². The van der Waals surface area contributed by atoms with Crippen LogP contribution in [0.3, 0.4) is 0 Å². The molecule has 0 aliphatic heterocycles. The number of benzene rings is 1. The maximum absolute atomic E-state index is 12.5. The summed E-state index contributed by atoms with van der Waals surface area (Å²) in [5.74, 6) is -0.505. The lowest BCUT2D eigenvalue weighted by Gasteiger charge is -2.23. The maximum Gasteiger partial charge on any atom is 0.269 e. The van der Waals surface area contributed by atoms with Gasteiger partial charge >= 0.3 is 0 Å². The van der Waals surface area contributed by atoms with Gasteiger partial charge in [0.15, 0.2) is 5.75 Å². The molecule has 0 spiro atoms. The molecule has 28 heavy (non-hydrogen) atoms. The molecule has 2 aromatic rings. The molecule has 11 heteroatoms. The van der Waals surface area contributed by atoms with Crippen molar-refractivity contribution in [2.75, 3.05) is 24.8 Å². The SMILES string of the molecule is CON(C)S(=O)(=O)c1c(Cl)ccc(Nc2c(N[C@H](C)C(C)C)c(=O)c2=O)c1O. The van der Waals surface area contributed by atoms with E-state index in [1.54, 1.807) is 0 Å². The minimum absolute atomic E-state index is 0.0569. The molecular weight excluding hydrogens is 410 g/mol. The second-order valence-corrected chi connectivity index (χ2v) is 8.86. The predicted octanol–water partition coefficient (Wildman–Crippen LogP) is 2.02. The molecule has 2 aromatic carbocycles. The molecule has 0 fully saturated rings. The molecule has 1 atom stereocenters. The molecule has 0 amide bonds. The van der Waals surface area contributed by atoms with E-state index in [0.717, 1.165) is 14.2 Å². The highest BCUT2D eigenvalue weighted by molar-refractivity contribution is 7.89. The van der Waals surface area contributed by atoms with E-state index in [0.29, 0.717) is 4.47 Å². The number of hydroxylamine groups is 1. The number of nitrogens with one attached hydrogen (secondary N) is 2. The number of hydrogen-bond donors (Lipinski definition) is 3. The van der Waals surface area contributed by atoms with Gasteiger partial charge in [-0.05, 0) is 25.0 Å². The van der Waals surface area contributed by atoms with Crippen LogP contribution >= 0.6 is 11.6 Å². The normalized spacial score (nSPS) is 13.3. The summed E-state index contributed by atoms with van der Waals surface area (Å²) in [6.07, 6.45) is 0. The summed E-state index contributed by atoms with van der Waals surface area (Å²) in [4.78, 5) is 28.0. The van der Waals surface area contributed by atoms with Gasteiger partial charge in [0.1, 0.15) is 16.3 Å². The summed E-state index contributed by atoms with van der Waals surface area (Å²) in [6.45, 7) is 5.76. The van der Waals surface area contributed by atoms with Gasteiger partial charge in [-0.1, -0.05) is 29.9 Å². The van der Waals surface area contributed by atoms with Crippen molar-refractivity contribution in [2.45, 2.75) is 31.7 Å². The zero-order chi connectivity index (χ0) is 21.4. The van der Waals surface area contributed by atoms with E-state index in [1.165, 1.54) is 12.1 Å². The average Bonchev–Trinajstić information content (AvgIpc) is 2.64. The van der Waals surface area contributed by atoms with Gasteiger partial charge in [-0.3, -0.25) is 14.4 Å². The average molecular weight is 432 g/mol. The van der Waals surface area contributed by atoms with Crippen LogP contribution in [0.1, 0.15) is 20.8 Å². The molecular formula is C17H22ClN3O6S. The molecule has 9 nitrogen and oxygen atoms in total. The Labute approximate surface area is 167 Å². The topological polar surface area (TPSA) is 125 Å². The third-order valence-electron chi connectivity index (χ3n) is 4.48. The second kappa shape index (κ2) is 8.08. The lowest BCUT2D eigenvalue weighted by atomic mass is 10.0. The van der Waals surface area contributed by atoms with Crippen molar-refractivity contribution in [3.63, 3.8) is 0 Å². The number of phenolic OH excluding ortho intramolecular Hbond substituents is 1. The van der Waals surface area contributed by atoms with Gasteiger partial charge < -0.3 is 15.7 Å². The van der Waals surface area contributed by atoms with Gasteiger partial charge in [-0.15, -0.1) is 0 Å². The Morgan fingerprint density at radius 3 is 2.25 bits per heavy atom. The summed E-state index contributed by atoms with van der Waals surface area (Å²) in [5.41, 5.74) is -1.53. The molecule has 2 rings (SSSR count). The van der Waals surface area contributed by atoms with Crippen LogP contribution in [0.25, 0.3) is 0 Å². The summed E-state index contributed by atoms with van der Waals surface area (Å²) in [7, 11) is -1.98. The Bertz CT molecular complexity index is 1060. The van der Waals surface area contributed by atoms with Crippen LogP contribution in [0.5, 0.6) is 5.75 Å². The standard InChI is InChI=1S/C17H22ClN3O6S/c1-8(2)9(3)19-12-13(16(24)15(12)23)20-11-7-6-10(18)17(14(11)22)28(25,26)21(4)27-5/h6-9,19-20,22H,1-5H3/t9-/m1/s1. The van der Waals surface area contributed by atoms with E-state index in [4.69, 9.17) is 11.6 Å². The largest absolute Gasteiger partial charge is 0.504 e. The molecule has 0 radical (unpaired) electrons. The fraction of sp³-hybridized carbons (Fsp3) is 0.412. The molecule has 0 bridgehead atoms. The summed E-state index contributed by atoms with van der Waals surface area (Å²) in [6, 6.07) is 2.46. The predicted molar refractivity (Wildman–Crippen MR) is 108 cm³/mol. The zero-order valence-corrected chi connectivity index (χ0v) is 17.6. The summed E-state index contributed by atoms with van der Waals surface area (Å²) < 4.78 is 25.6. The molecule has 0 unspecified atom stereocenters. The summed E-state index contributed by atoms with van der Waals surface area (Å²) >= 11 is 5.96. The quantitative estimate of drug-likeness (QED) is 0.329. The third kappa shape index (κ3) is 3.86. The number of rotatable bonds is 8. The van der Waals surface area contributed by atoms with E-state index >= 15 is 0 Å². The summed E-state index contributed by atoms with van der Waals surface area (Å²) in [5, 5.41) is 15.8. The highest BCUT2D eigenvalue weighted by Crippen LogP contribution is 2.39. The van der Waals surface area contributed by atoms with Crippen LogP contribution in [0.2, 0.25) is 5.02 Å². The van der Waals surface area contributed by atoms with Gasteiger partial charge in [0, 0.05) is 13.1 Å². The molecule has 0 saturated carbocycles. The molecule has 0 saturated heterocycles. The fourth-order valence-electron chi connectivity index (χ4n) is 2.30. The first kappa shape index (κ1) is 22.2. The van der Waals surface area contributed by atoms with Crippen LogP contribution in [-0.2, 0) is 14.9 Å². The van der Waals surface area contributed by atoms with Crippen LogP contribution in [0, 0.1) is 5.92 Å². The fourth-order valence-corrected chi connectivity index (χ4v) is 3.86. The monoisotopic (exact) mass is 431 g/mol. The van der Waals surface area contributed by atoms with Crippen molar-refractivity contribution in [2.24, 2.45) is 5.92 Å². The van der Waals surface area contributed by atoms with Gasteiger partial charge in [0.05, 0.1) is 17.8 Å². The number of phenols is 1. The number of aromatic hydroxyl groups is 1. The number of hydrogen-bond acceptors (Lipinski definition) is 8. The first-order chi connectivity index (χ1) is 12.9. The van der Waals surface area contributed by atoms with Crippen LogP contribution in [-0.4, -0.2) is 38.2 Å². The van der Waals surface area contributed by atoms with E-state index in [1.807, 2.05) is 20.8 Å². The third-order valence-corrected chi connectivity index (χ3v) is 6.66. The van der Waals surface area contributed by atoms with Crippen LogP contribution in [0.4, 0.5) is 17.1 Å². The number of sulfonamides is 1. The molecule has 0 heterocycles. The Balaban J connectivity index is 2.48. The number of nitrogens with zero attached hydrogens (tertiary/aromatic N) is 1. The second-order valence-electron chi connectivity index (χ2n) is 6.58. The number of halogens is 1. The zero-order valence-electron chi connectivity index (χ0n) is 16.0. The van der Waals surface area contributed by atoms with Crippen molar-refractivity contribution in [3.8, 4) is 5.75 Å². The van der Waals surface area contributed by atoms with Gasteiger partial charge in [-0.2, -0.15) is 0 Å². The lowest BCUT2D eigenvalue weighted by Crippen LogP contribution is -2.39. The van der Waals surface area contributed by atoms with Crippen molar-refractivity contribution >= 4 is 38.7 Å². The van der Waals surface area contributed by atoms with Crippen LogP contribution in [0.15, 0.2) is 26.6 Å². The Kier molecular flexibility index (Phi) is 6.39. The molecule has 154 valence electrons. The van der Waals surface area contributed by atoms with E-state index in [9.17, 15) is 23.1 Å². The lowest BCUT2D eigenvalue weighted by molar-refractivity contribution is -0.0259. The van der Waals surface area contributed by atoms with Gasteiger partial charge in [-0.25, -0.2) is 8.42 Å². The van der Waals surface area contributed by atoms with E-state index in [-0.39, 0.29) is 34.0 Å². The molecule has 0 aromatic heterocycles. The Hall–Kier alpha value is -2.14. The Morgan fingerprint density at radius 1 is 1.14 bits per heavy atom. The van der Waals surface area contributed by atoms with E-state index in [2.05, 4.69) is 15.5 Å². The first-order valence-electron chi connectivity index (χ1n) is 8.34. The molecule has 0 aliphatic rings.